The number of nitrogens with one attached hydrogen (secondary N) is 1. The van der Waals surface area contributed by atoms with Crippen LogP contribution < -0.4 is 10.9 Å². The van der Waals surface area contributed by atoms with Crippen LogP contribution in [0, 0.1) is 0 Å². The molecule has 8 heteroatoms. The molecular formula is C24H24N4O3S. The van der Waals surface area contributed by atoms with Crippen LogP contribution in [-0.4, -0.2) is 26.0 Å². The average Bonchev–Trinajstić information content (AvgIpc) is 3.17. The summed E-state index contributed by atoms with van der Waals surface area (Å²) in [5.41, 5.74) is 3.29. The Labute approximate surface area is 189 Å². The van der Waals surface area contributed by atoms with E-state index in [1.165, 1.54) is 22.2 Å². The fourth-order valence-corrected chi connectivity index (χ4v) is 5.03. The van der Waals surface area contributed by atoms with E-state index in [1.807, 2.05) is 30.3 Å². The molecule has 164 valence electrons. The molecule has 0 aliphatic carbocycles. The summed E-state index contributed by atoms with van der Waals surface area (Å²) in [5, 5.41) is 3.72. The van der Waals surface area contributed by atoms with Gasteiger partial charge in [0.2, 0.25) is 5.91 Å². The molecule has 32 heavy (non-hydrogen) atoms. The lowest BCUT2D eigenvalue weighted by Crippen LogP contribution is -2.35. The molecule has 1 N–H and O–H groups in total. The Balaban J connectivity index is 1.43. The van der Waals surface area contributed by atoms with Crippen molar-refractivity contribution in [1.82, 2.24) is 19.9 Å². The van der Waals surface area contributed by atoms with Crippen LogP contribution in [-0.2, 0) is 35.6 Å². The Morgan fingerprint density at radius 1 is 1.31 bits per heavy atom. The van der Waals surface area contributed by atoms with Gasteiger partial charge in [0.1, 0.15) is 16.1 Å². The van der Waals surface area contributed by atoms with Crippen LogP contribution in [0.3, 0.4) is 0 Å². The van der Waals surface area contributed by atoms with Gasteiger partial charge in [-0.1, -0.05) is 37.3 Å². The molecule has 0 spiro atoms. The maximum absolute atomic E-state index is 13.1. The third kappa shape index (κ3) is 3.80. The number of amides is 1. The van der Waals surface area contributed by atoms with Gasteiger partial charge in [0.05, 0.1) is 29.7 Å². The van der Waals surface area contributed by atoms with Gasteiger partial charge in [-0.25, -0.2) is 9.97 Å². The third-order valence-electron chi connectivity index (χ3n) is 6.12. The zero-order valence-corrected chi connectivity index (χ0v) is 18.9. The van der Waals surface area contributed by atoms with E-state index in [9.17, 15) is 9.59 Å². The van der Waals surface area contributed by atoms with Gasteiger partial charge in [-0.3, -0.25) is 14.2 Å². The van der Waals surface area contributed by atoms with Crippen LogP contribution in [0.25, 0.3) is 20.4 Å². The van der Waals surface area contributed by atoms with Crippen molar-refractivity contribution in [2.24, 2.45) is 0 Å². The van der Waals surface area contributed by atoms with E-state index in [1.54, 1.807) is 0 Å². The number of aromatic nitrogens is 3. The third-order valence-corrected chi connectivity index (χ3v) is 7.19. The summed E-state index contributed by atoms with van der Waals surface area (Å²) in [6.07, 6.45) is 3.11. The Kier molecular flexibility index (Phi) is 5.27. The molecule has 1 atom stereocenters. The van der Waals surface area contributed by atoms with E-state index >= 15 is 0 Å². The zero-order chi connectivity index (χ0) is 22.3. The lowest BCUT2D eigenvalue weighted by molar-refractivity contribution is -0.121. The number of pyridine rings is 1. The average molecular weight is 449 g/mol. The Hall–Kier alpha value is -3.10. The molecule has 1 amide bonds. The summed E-state index contributed by atoms with van der Waals surface area (Å²) in [7, 11) is 0. The molecule has 0 bridgehead atoms. The minimum Gasteiger partial charge on any atom is -0.370 e. The summed E-state index contributed by atoms with van der Waals surface area (Å²) >= 11 is 1.34. The predicted molar refractivity (Wildman–Crippen MR) is 125 cm³/mol. The van der Waals surface area contributed by atoms with E-state index in [-0.39, 0.29) is 23.6 Å². The standard InChI is InChI=1S/C24H24N4O3S/c1-3-24(2)10-18-16(13-31-24)9-17-20-21(32-22(17)27-18)23(30)28(14-26-20)12-19(29)25-11-15-7-5-4-6-8-15/h4-9,14H,3,10-13H2,1-2H3,(H,25,29). The van der Waals surface area contributed by atoms with Crippen molar-refractivity contribution in [3.63, 3.8) is 0 Å². The first-order valence-electron chi connectivity index (χ1n) is 10.7. The van der Waals surface area contributed by atoms with E-state index in [4.69, 9.17) is 9.72 Å². The first kappa shape index (κ1) is 20.8. The fourth-order valence-electron chi connectivity index (χ4n) is 3.95. The molecule has 1 aromatic carbocycles. The molecule has 0 radical (unpaired) electrons. The first-order valence-corrected chi connectivity index (χ1v) is 11.5. The number of thiophene rings is 1. The number of benzene rings is 1. The van der Waals surface area contributed by atoms with Gasteiger partial charge >= 0.3 is 0 Å². The number of hydrogen-bond acceptors (Lipinski definition) is 6. The van der Waals surface area contributed by atoms with E-state index in [0.29, 0.717) is 23.4 Å². The molecule has 1 aliphatic heterocycles. The Bertz CT molecular complexity index is 1380. The van der Waals surface area contributed by atoms with Crippen molar-refractivity contribution >= 4 is 37.7 Å². The Morgan fingerprint density at radius 2 is 2.12 bits per heavy atom. The van der Waals surface area contributed by atoms with Gasteiger partial charge in [-0.05, 0) is 25.0 Å². The molecule has 4 aromatic rings. The number of fused-ring (bicyclic) bond motifs is 4. The number of carbonyl (C=O) groups is 1. The lowest BCUT2D eigenvalue weighted by atomic mass is 9.91. The van der Waals surface area contributed by atoms with Crippen molar-refractivity contribution in [2.75, 3.05) is 0 Å². The van der Waals surface area contributed by atoms with Crippen LogP contribution >= 0.6 is 11.3 Å². The molecule has 4 heterocycles. The zero-order valence-electron chi connectivity index (χ0n) is 18.1. The summed E-state index contributed by atoms with van der Waals surface area (Å²) in [6, 6.07) is 11.7. The quantitative estimate of drug-likeness (QED) is 0.505. The largest absolute Gasteiger partial charge is 0.370 e. The lowest BCUT2D eigenvalue weighted by Gasteiger charge is -2.33. The van der Waals surface area contributed by atoms with Crippen LogP contribution in [0.2, 0.25) is 0 Å². The summed E-state index contributed by atoms with van der Waals surface area (Å²) in [5.74, 6) is -0.234. The van der Waals surface area contributed by atoms with Gasteiger partial charge in [-0.2, -0.15) is 0 Å². The normalized spacial score (nSPS) is 18.1. The molecule has 1 aliphatic rings. The topological polar surface area (TPSA) is 86.1 Å². The Morgan fingerprint density at radius 3 is 2.91 bits per heavy atom. The molecule has 0 saturated heterocycles. The monoisotopic (exact) mass is 448 g/mol. The highest BCUT2D eigenvalue weighted by Gasteiger charge is 2.31. The van der Waals surface area contributed by atoms with Gasteiger partial charge in [-0.15, -0.1) is 11.3 Å². The number of nitrogens with zero attached hydrogens (tertiary/aromatic N) is 3. The van der Waals surface area contributed by atoms with Gasteiger partial charge in [0.25, 0.3) is 5.56 Å². The molecule has 1 unspecified atom stereocenters. The van der Waals surface area contributed by atoms with Gasteiger partial charge in [0, 0.05) is 23.9 Å². The molecule has 3 aromatic heterocycles. The number of ether oxygens (including phenoxy) is 1. The first-order chi connectivity index (χ1) is 15.5. The molecule has 5 rings (SSSR count). The van der Waals surface area contributed by atoms with Crippen molar-refractivity contribution in [3.8, 4) is 0 Å². The maximum Gasteiger partial charge on any atom is 0.271 e. The highest BCUT2D eigenvalue weighted by Crippen LogP contribution is 2.35. The van der Waals surface area contributed by atoms with Crippen molar-refractivity contribution in [3.05, 3.63) is 69.9 Å². The summed E-state index contributed by atoms with van der Waals surface area (Å²) < 4.78 is 7.93. The minimum atomic E-state index is -0.234. The fraction of sp³-hybridized carbons (Fsp3) is 0.333. The van der Waals surface area contributed by atoms with Crippen molar-refractivity contribution in [1.29, 1.82) is 0 Å². The molecule has 7 nitrogen and oxygen atoms in total. The highest BCUT2D eigenvalue weighted by atomic mass is 32.1. The van der Waals surface area contributed by atoms with Gasteiger partial charge in [0.15, 0.2) is 0 Å². The van der Waals surface area contributed by atoms with E-state index in [2.05, 4.69) is 30.2 Å². The van der Waals surface area contributed by atoms with Crippen molar-refractivity contribution < 1.29 is 9.53 Å². The van der Waals surface area contributed by atoms with Gasteiger partial charge < -0.3 is 10.1 Å². The maximum atomic E-state index is 13.1. The van der Waals surface area contributed by atoms with Crippen LogP contribution in [0.4, 0.5) is 0 Å². The second-order valence-electron chi connectivity index (χ2n) is 8.44. The smallest absolute Gasteiger partial charge is 0.271 e. The predicted octanol–water partition coefficient (Wildman–Crippen LogP) is 3.56. The molecule has 0 fully saturated rings. The summed E-state index contributed by atoms with van der Waals surface area (Å²) in [4.78, 5) is 35.6. The van der Waals surface area contributed by atoms with E-state index in [0.717, 1.165) is 39.9 Å². The second kappa shape index (κ2) is 8.11. The summed E-state index contributed by atoms with van der Waals surface area (Å²) in [6.45, 7) is 5.08. The SMILES string of the molecule is CCC1(C)Cc2nc3sc4c(=O)n(CC(=O)NCc5ccccc5)cnc4c3cc2CO1. The van der Waals surface area contributed by atoms with Crippen molar-refractivity contribution in [2.45, 2.75) is 52.0 Å². The molecular weight excluding hydrogens is 424 g/mol. The van der Waals surface area contributed by atoms with Crippen LogP contribution in [0.1, 0.15) is 37.1 Å². The van der Waals surface area contributed by atoms with Crippen LogP contribution in [0.5, 0.6) is 0 Å². The number of hydrogen-bond donors (Lipinski definition) is 1. The van der Waals surface area contributed by atoms with Crippen LogP contribution in [0.15, 0.2) is 47.5 Å². The number of rotatable bonds is 5. The number of carbonyl (C=O) groups excluding carboxylic acids is 1. The molecule has 0 saturated carbocycles. The minimum absolute atomic E-state index is 0.0739. The second-order valence-corrected chi connectivity index (χ2v) is 9.43. The highest BCUT2D eigenvalue weighted by molar-refractivity contribution is 7.25. The van der Waals surface area contributed by atoms with E-state index < -0.39 is 0 Å².